The second-order valence-corrected chi connectivity index (χ2v) is 19.5. The first-order chi connectivity index (χ1) is 32.1. The van der Waals surface area contributed by atoms with Crippen molar-refractivity contribution in [2.45, 2.75) is 57.7 Å². The zero-order valence-electron chi connectivity index (χ0n) is 38.2. The van der Waals surface area contributed by atoms with Crippen LogP contribution in [0.25, 0.3) is 0 Å². The number of piperazine rings is 1. The lowest BCUT2D eigenvalue weighted by molar-refractivity contribution is -0.136. The summed E-state index contributed by atoms with van der Waals surface area (Å²) in [6, 6.07) is 11.3. The maximum atomic E-state index is 14.7. The number of nitrogens with zero attached hydrogens (tertiary/aromatic N) is 7. The Kier molecular flexibility index (Phi) is 14.3. The molecule has 4 aliphatic rings. The second kappa shape index (κ2) is 20.1. The number of ether oxygens (including phenoxy) is 3. The minimum atomic E-state index is -3.60. The zero-order valence-corrected chi connectivity index (χ0v) is 39.8. The number of halogens is 2. The van der Waals surface area contributed by atoms with E-state index >= 15 is 0 Å². The Labute approximate surface area is 394 Å². The van der Waals surface area contributed by atoms with E-state index < -0.39 is 33.7 Å². The third-order valence-electron chi connectivity index (χ3n) is 13.0. The number of hydrogen-bond donors (Lipinski definition) is 3. The van der Waals surface area contributed by atoms with E-state index in [1.54, 1.807) is 25.3 Å². The summed E-state index contributed by atoms with van der Waals surface area (Å²) in [5.41, 5.74) is 4.48. The molecule has 3 amide bonds. The summed E-state index contributed by atoms with van der Waals surface area (Å²) in [5.74, 6) is 0.0405. The summed E-state index contributed by atoms with van der Waals surface area (Å²) in [6.07, 6.45) is 5.76. The number of aryl methyl sites for hydroxylation is 1. The van der Waals surface area contributed by atoms with Crippen molar-refractivity contribution < 1.29 is 41.4 Å². The minimum Gasteiger partial charge on any atom is -0.497 e. The predicted molar refractivity (Wildman–Crippen MR) is 253 cm³/mol. The third kappa shape index (κ3) is 10.5. The number of rotatable bonds is 16. The molecular weight excluding hydrogens is 907 g/mol. The number of aromatic nitrogens is 2. The van der Waals surface area contributed by atoms with E-state index in [-0.39, 0.29) is 47.6 Å². The molecule has 0 radical (unpaired) electrons. The fraction of sp³-hybridized carbons (Fsp3) is 0.457. The summed E-state index contributed by atoms with van der Waals surface area (Å²) in [5, 5.41) is 9.01. The maximum Gasteiger partial charge on any atom is 0.255 e. The molecule has 18 nitrogen and oxygen atoms in total. The lowest BCUT2D eigenvalue weighted by atomic mass is 9.99. The Morgan fingerprint density at radius 3 is 2.39 bits per heavy atom. The highest BCUT2D eigenvalue weighted by Crippen LogP contribution is 2.39. The molecule has 3 fully saturated rings. The highest BCUT2D eigenvalue weighted by Gasteiger charge is 2.41. The van der Waals surface area contributed by atoms with Gasteiger partial charge in [-0.2, -0.15) is 4.98 Å². The highest BCUT2D eigenvalue weighted by molar-refractivity contribution is 7.92. The summed E-state index contributed by atoms with van der Waals surface area (Å²) < 4.78 is 58.1. The maximum absolute atomic E-state index is 14.7. The Morgan fingerprint density at radius 1 is 0.940 bits per heavy atom. The number of imide groups is 1. The number of carbonyl (C=O) groups is 3. The van der Waals surface area contributed by atoms with E-state index in [1.807, 2.05) is 0 Å². The first-order valence-corrected chi connectivity index (χ1v) is 24.6. The lowest BCUT2D eigenvalue weighted by Gasteiger charge is -2.43. The topological polar surface area (TPSA) is 191 Å². The van der Waals surface area contributed by atoms with Gasteiger partial charge in [0, 0.05) is 94.8 Å². The Balaban J connectivity index is 0.844. The molecule has 1 aromatic heterocycles. The fourth-order valence-electron chi connectivity index (χ4n) is 9.24. The van der Waals surface area contributed by atoms with Crippen molar-refractivity contribution in [1.29, 1.82) is 0 Å². The van der Waals surface area contributed by atoms with Gasteiger partial charge in [-0.1, -0.05) is 18.5 Å². The van der Waals surface area contributed by atoms with Gasteiger partial charge in [0.2, 0.25) is 27.8 Å². The molecule has 0 spiro atoms. The van der Waals surface area contributed by atoms with Crippen LogP contribution in [-0.4, -0.2) is 143 Å². The molecular formula is C46H56ClFN10O8S. The van der Waals surface area contributed by atoms with E-state index in [2.05, 4.69) is 59.7 Å². The van der Waals surface area contributed by atoms with Gasteiger partial charge in [-0.15, -0.1) is 0 Å². The van der Waals surface area contributed by atoms with E-state index in [4.69, 9.17) is 25.8 Å². The minimum absolute atomic E-state index is 0.119. The molecule has 5 heterocycles. The summed E-state index contributed by atoms with van der Waals surface area (Å²) in [4.78, 5) is 55.2. The number of fused-ring (bicyclic) bond motifs is 1. The van der Waals surface area contributed by atoms with Gasteiger partial charge in [-0.05, 0) is 55.5 Å². The molecule has 4 aliphatic heterocycles. The Bertz CT molecular complexity index is 2650. The first kappa shape index (κ1) is 47.5. The largest absolute Gasteiger partial charge is 0.497 e. The van der Waals surface area contributed by atoms with E-state index in [9.17, 15) is 27.2 Å². The van der Waals surface area contributed by atoms with Crippen molar-refractivity contribution >= 4 is 73.9 Å². The average molecular weight is 964 g/mol. The molecule has 4 aromatic rings. The van der Waals surface area contributed by atoms with Gasteiger partial charge in [-0.3, -0.25) is 33.8 Å². The van der Waals surface area contributed by atoms with Crippen LogP contribution in [0.3, 0.4) is 0 Å². The van der Waals surface area contributed by atoms with Crippen molar-refractivity contribution in [3.8, 4) is 17.2 Å². The number of methoxy groups -OCH3 is 2. The van der Waals surface area contributed by atoms with Crippen LogP contribution in [0.5, 0.6) is 17.2 Å². The van der Waals surface area contributed by atoms with Gasteiger partial charge >= 0.3 is 0 Å². The van der Waals surface area contributed by atoms with Crippen LogP contribution in [0.2, 0.25) is 5.02 Å². The lowest BCUT2D eigenvalue weighted by Crippen LogP contribution is -2.53. The SMILES string of the molecule is CCc1cc(Nc2ncc(Cl)c(Nc3ccc(OC)cc3N(C)S(C)(=O)=O)n2)c(OC)cc1N1CCC(N2CCN(CCOc3cc(F)cc4c3CN(C3CCC(=O)NC3=O)C4=O)CC2)CC1. The number of anilines is 6. The smallest absolute Gasteiger partial charge is 0.255 e. The molecule has 3 aromatic carbocycles. The number of hydrogen-bond acceptors (Lipinski definition) is 15. The molecule has 0 aliphatic carbocycles. The highest BCUT2D eigenvalue weighted by atomic mass is 35.5. The van der Waals surface area contributed by atoms with Crippen molar-refractivity contribution in [3.63, 3.8) is 0 Å². The van der Waals surface area contributed by atoms with E-state index in [0.717, 1.165) is 80.3 Å². The number of amides is 3. The molecule has 21 heteroatoms. The van der Waals surface area contributed by atoms with Crippen LogP contribution >= 0.6 is 11.6 Å². The van der Waals surface area contributed by atoms with Crippen molar-refractivity contribution in [2.75, 3.05) is 99.8 Å². The standard InChI is InChI=1S/C46H56ClFN10O8S/c1-6-28-21-36(51-46-49-26-34(47)43(53-46)50-35-8-7-31(64-3)24-39(35)54(2)67(5,62)63)41(65-4)25-38(28)57-13-11-30(12-14-57)56-17-15-55(16-18-56)19-20-66-40-23-29(48)22-32-33(40)27-58(45(32)61)37-9-10-42(59)52-44(37)60/h7-8,21-26,30,37H,6,9-20,27H2,1-5H3,(H,52,59,60)(H2,49,50,51,53). The van der Waals surface area contributed by atoms with Crippen LogP contribution in [0.15, 0.2) is 48.7 Å². The van der Waals surface area contributed by atoms with Crippen molar-refractivity contribution in [3.05, 3.63) is 76.2 Å². The molecule has 67 heavy (non-hydrogen) atoms. The molecule has 1 unspecified atom stereocenters. The summed E-state index contributed by atoms with van der Waals surface area (Å²) in [7, 11) is 0.986. The van der Waals surface area contributed by atoms with Gasteiger partial charge in [0.05, 0.1) is 55.8 Å². The Morgan fingerprint density at radius 2 is 1.70 bits per heavy atom. The van der Waals surface area contributed by atoms with E-state index in [1.165, 1.54) is 37.4 Å². The van der Waals surface area contributed by atoms with E-state index in [0.29, 0.717) is 59.1 Å². The second-order valence-electron chi connectivity index (χ2n) is 17.1. The van der Waals surface area contributed by atoms with Crippen LogP contribution < -0.4 is 39.4 Å². The molecule has 0 bridgehead atoms. The number of sulfonamides is 1. The normalized spacial score (nSPS) is 18.4. The molecule has 358 valence electrons. The Hall–Kier alpha value is -5.96. The number of carbonyl (C=O) groups excluding carboxylic acids is 3. The molecule has 0 saturated carbocycles. The first-order valence-electron chi connectivity index (χ1n) is 22.3. The summed E-state index contributed by atoms with van der Waals surface area (Å²) >= 11 is 6.55. The predicted octanol–water partition coefficient (Wildman–Crippen LogP) is 5.16. The third-order valence-corrected chi connectivity index (χ3v) is 14.5. The number of piperidine rings is 2. The monoisotopic (exact) mass is 962 g/mol. The van der Waals surface area contributed by atoms with Gasteiger partial charge < -0.3 is 34.6 Å². The van der Waals surface area contributed by atoms with Crippen LogP contribution in [0, 0.1) is 5.82 Å². The van der Waals surface area contributed by atoms with Crippen molar-refractivity contribution in [1.82, 2.24) is 30.0 Å². The molecule has 3 N–H and O–H groups in total. The average Bonchev–Trinajstić information content (AvgIpc) is 3.64. The van der Waals surface area contributed by atoms with Gasteiger partial charge in [0.1, 0.15) is 40.7 Å². The van der Waals surface area contributed by atoms with Crippen LogP contribution in [0.1, 0.15) is 54.1 Å². The fourth-order valence-corrected chi connectivity index (χ4v) is 9.88. The molecule has 1 atom stereocenters. The van der Waals surface area contributed by atoms with Crippen molar-refractivity contribution in [2.24, 2.45) is 0 Å². The molecule has 8 rings (SSSR count). The quantitative estimate of drug-likeness (QED) is 0.125. The van der Waals surface area contributed by atoms with Crippen LogP contribution in [0.4, 0.5) is 38.9 Å². The molecule has 3 saturated heterocycles. The van der Waals surface area contributed by atoms with Gasteiger partial charge in [-0.25, -0.2) is 17.8 Å². The zero-order chi connectivity index (χ0) is 47.6. The number of nitrogens with one attached hydrogen (secondary N) is 3. The van der Waals surface area contributed by atoms with Crippen LogP contribution in [-0.2, 0) is 32.6 Å². The van der Waals surface area contributed by atoms with Gasteiger partial charge in [0.25, 0.3) is 5.91 Å². The summed E-state index contributed by atoms with van der Waals surface area (Å²) in [6.45, 7) is 8.58. The number of benzene rings is 3. The van der Waals surface area contributed by atoms with Gasteiger partial charge in [0.15, 0.2) is 5.82 Å².